The van der Waals surface area contributed by atoms with Gasteiger partial charge in [-0.25, -0.2) is 4.99 Å². The summed E-state index contributed by atoms with van der Waals surface area (Å²) in [6.45, 7) is 10.9. The molecule has 0 fully saturated rings. The number of benzene rings is 1. The first-order valence-corrected chi connectivity index (χ1v) is 10.4. The Labute approximate surface area is 197 Å². The summed E-state index contributed by atoms with van der Waals surface area (Å²) in [5.41, 5.74) is 3.17. The number of aryl methyl sites for hydroxylation is 2. The van der Waals surface area contributed by atoms with Crippen LogP contribution in [0.1, 0.15) is 56.7 Å². The third kappa shape index (κ3) is 7.37. The Balaban J connectivity index is 0.00000450. The second-order valence-corrected chi connectivity index (χ2v) is 6.62. The third-order valence-corrected chi connectivity index (χ3v) is 4.49. The van der Waals surface area contributed by atoms with E-state index < -0.39 is 0 Å². The molecular formula is C22H35IN4O3. The van der Waals surface area contributed by atoms with E-state index in [0.717, 1.165) is 65.8 Å². The number of guanidine groups is 1. The largest absolute Gasteiger partial charge is 0.493 e. The number of hydrogen-bond acceptors (Lipinski definition) is 5. The number of nitrogens with zero attached hydrogens (tertiary/aromatic N) is 2. The molecule has 0 unspecified atom stereocenters. The molecule has 2 N–H and O–H groups in total. The average molecular weight is 530 g/mol. The van der Waals surface area contributed by atoms with Crippen molar-refractivity contribution in [1.82, 2.24) is 15.8 Å². The van der Waals surface area contributed by atoms with E-state index in [2.05, 4.69) is 43.5 Å². The lowest BCUT2D eigenvalue weighted by atomic mass is 10.1. The fourth-order valence-electron chi connectivity index (χ4n) is 2.96. The van der Waals surface area contributed by atoms with Crippen LogP contribution in [0.25, 0.3) is 0 Å². The highest BCUT2D eigenvalue weighted by Crippen LogP contribution is 2.28. The van der Waals surface area contributed by atoms with Crippen LogP contribution in [0.5, 0.6) is 11.5 Å². The van der Waals surface area contributed by atoms with Gasteiger partial charge >= 0.3 is 0 Å². The van der Waals surface area contributed by atoms with Crippen LogP contribution in [0.2, 0.25) is 0 Å². The predicted molar refractivity (Wildman–Crippen MR) is 131 cm³/mol. The van der Waals surface area contributed by atoms with Crippen LogP contribution in [0, 0.1) is 0 Å². The number of nitrogens with one attached hydrogen (secondary N) is 2. The van der Waals surface area contributed by atoms with E-state index in [1.54, 1.807) is 7.11 Å². The number of halogens is 1. The molecule has 1 aromatic heterocycles. The van der Waals surface area contributed by atoms with Crippen molar-refractivity contribution >= 4 is 29.9 Å². The van der Waals surface area contributed by atoms with Crippen molar-refractivity contribution in [3.8, 4) is 11.5 Å². The molecule has 0 radical (unpaired) electrons. The van der Waals surface area contributed by atoms with Gasteiger partial charge in [0.2, 0.25) is 0 Å². The lowest BCUT2D eigenvalue weighted by Gasteiger charge is -2.13. The fourth-order valence-corrected chi connectivity index (χ4v) is 2.96. The summed E-state index contributed by atoms with van der Waals surface area (Å²) in [6, 6.07) is 5.94. The lowest BCUT2D eigenvalue weighted by molar-refractivity contribution is 0.294. The molecule has 2 aromatic rings. The monoisotopic (exact) mass is 530 g/mol. The number of aromatic nitrogens is 1. The molecule has 1 aromatic carbocycles. The van der Waals surface area contributed by atoms with Crippen LogP contribution >= 0.6 is 24.0 Å². The highest BCUT2D eigenvalue weighted by molar-refractivity contribution is 14.0. The highest BCUT2D eigenvalue weighted by atomic mass is 127. The summed E-state index contributed by atoms with van der Waals surface area (Å²) in [6.07, 6.45) is 2.63. The van der Waals surface area contributed by atoms with Gasteiger partial charge in [0, 0.05) is 25.1 Å². The van der Waals surface area contributed by atoms with Gasteiger partial charge in [-0.2, -0.15) is 0 Å². The van der Waals surface area contributed by atoms with Gasteiger partial charge in [0.25, 0.3) is 0 Å². The van der Waals surface area contributed by atoms with Crippen LogP contribution in [-0.2, 0) is 25.9 Å². The summed E-state index contributed by atoms with van der Waals surface area (Å²) < 4.78 is 16.6. The predicted octanol–water partition coefficient (Wildman–Crippen LogP) is 4.47. The lowest BCUT2D eigenvalue weighted by Crippen LogP contribution is -2.37. The van der Waals surface area contributed by atoms with Crippen molar-refractivity contribution < 1.29 is 14.0 Å². The van der Waals surface area contributed by atoms with Gasteiger partial charge in [0.15, 0.2) is 17.5 Å². The second-order valence-electron chi connectivity index (χ2n) is 6.62. The van der Waals surface area contributed by atoms with Gasteiger partial charge in [-0.05, 0) is 37.5 Å². The summed E-state index contributed by atoms with van der Waals surface area (Å²) >= 11 is 0. The first kappa shape index (κ1) is 26.1. The maximum Gasteiger partial charge on any atom is 0.191 e. The number of hydrogen-bond donors (Lipinski definition) is 2. The zero-order valence-corrected chi connectivity index (χ0v) is 21.0. The Morgan fingerprint density at radius 1 is 1.10 bits per heavy atom. The first-order chi connectivity index (χ1) is 14.2. The molecule has 0 atom stereocenters. The molecule has 7 nitrogen and oxygen atoms in total. The zero-order chi connectivity index (χ0) is 21.1. The molecule has 0 aliphatic rings. The van der Waals surface area contributed by atoms with Gasteiger partial charge in [0.1, 0.15) is 5.76 Å². The normalized spacial score (nSPS) is 11.0. The topological polar surface area (TPSA) is 80.9 Å². The minimum absolute atomic E-state index is 0. The molecule has 0 bridgehead atoms. The van der Waals surface area contributed by atoms with E-state index in [0.29, 0.717) is 19.7 Å². The summed E-state index contributed by atoms with van der Waals surface area (Å²) in [5.74, 6) is 3.17. The maximum atomic E-state index is 5.72. The number of aliphatic imine (C=N–C) groups is 1. The molecule has 2 rings (SSSR count). The molecule has 30 heavy (non-hydrogen) atoms. The highest BCUT2D eigenvalue weighted by Gasteiger charge is 2.13. The van der Waals surface area contributed by atoms with E-state index in [1.165, 1.54) is 0 Å². The van der Waals surface area contributed by atoms with Crippen molar-refractivity contribution in [2.24, 2.45) is 4.99 Å². The molecule has 0 aliphatic heterocycles. The van der Waals surface area contributed by atoms with Gasteiger partial charge in [-0.15, -0.1) is 24.0 Å². The van der Waals surface area contributed by atoms with Crippen molar-refractivity contribution in [2.75, 3.05) is 20.3 Å². The molecule has 8 heteroatoms. The maximum absolute atomic E-state index is 5.72. The van der Waals surface area contributed by atoms with E-state index in [-0.39, 0.29) is 24.0 Å². The van der Waals surface area contributed by atoms with E-state index in [9.17, 15) is 0 Å². The Kier molecular flexibility index (Phi) is 12.3. The zero-order valence-electron chi connectivity index (χ0n) is 18.7. The molecule has 168 valence electrons. The van der Waals surface area contributed by atoms with Crippen LogP contribution in [0.4, 0.5) is 0 Å². The van der Waals surface area contributed by atoms with E-state index >= 15 is 0 Å². The van der Waals surface area contributed by atoms with Gasteiger partial charge in [-0.3, -0.25) is 0 Å². The number of rotatable bonds is 11. The summed E-state index contributed by atoms with van der Waals surface area (Å²) in [5, 5.41) is 10.9. The van der Waals surface area contributed by atoms with Gasteiger partial charge in [0.05, 0.1) is 26.0 Å². The molecule has 0 spiro atoms. The standard InChI is InChI=1S/C22H34N4O3.HI/c1-6-12-28-20-11-10-16(13-21(20)27-5)14-24-22(23-9-4)25-15-17-18(7-2)26-29-19(17)8-3;/h10-11,13H,6-9,12,14-15H2,1-5H3,(H2,23,24,25);1H. The van der Waals surface area contributed by atoms with Crippen molar-refractivity contribution in [3.63, 3.8) is 0 Å². The van der Waals surface area contributed by atoms with Crippen molar-refractivity contribution in [3.05, 3.63) is 40.8 Å². The van der Waals surface area contributed by atoms with Crippen LogP contribution in [-0.4, -0.2) is 31.4 Å². The Morgan fingerprint density at radius 3 is 2.53 bits per heavy atom. The first-order valence-electron chi connectivity index (χ1n) is 10.4. The van der Waals surface area contributed by atoms with Crippen molar-refractivity contribution in [1.29, 1.82) is 0 Å². The van der Waals surface area contributed by atoms with Gasteiger partial charge in [-0.1, -0.05) is 32.0 Å². The minimum atomic E-state index is 0. The number of methoxy groups -OCH3 is 1. The quantitative estimate of drug-likeness (QED) is 0.254. The molecule has 1 heterocycles. The summed E-state index contributed by atoms with van der Waals surface area (Å²) in [4.78, 5) is 4.71. The molecular weight excluding hydrogens is 495 g/mol. The average Bonchev–Trinajstić information content (AvgIpc) is 3.16. The molecule has 0 amide bonds. The summed E-state index contributed by atoms with van der Waals surface area (Å²) in [7, 11) is 1.66. The van der Waals surface area contributed by atoms with E-state index in [4.69, 9.17) is 19.0 Å². The Hall–Kier alpha value is -1.97. The Morgan fingerprint density at radius 2 is 1.90 bits per heavy atom. The Bertz CT molecular complexity index is 771. The fraction of sp³-hybridized carbons (Fsp3) is 0.545. The van der Waals surface area contributed by atoms with Crippen molar-refractivity contribution in [2.45, 2.75) is 60.0 Å². The van der Waals surface area contributed by atoms with Crippen LogP contribution < -0.4 is 20.1 Å². The second kappa shape index (κ2) is 14.1. The van der Waals surface area contributed by atoms with Crippen LogP contribution in [0.3, 0.4) is 0 Å². The SMILES string of the molecule is CCCOc1ccc(CN=C(NCC)NCc2c(CC)noc2CC)cc1OC.I. The van der Waals surface area contributed by atoms with E-state index in [1.807, 2.05) is 18.2 Å². The number of ether oxygens (including phenoxy) is 2. The third-order valence-electron chi connectivity index (χ3n) is 4.49. The minimum Gasteiger partial charge on any atom is -0.493 e. The smallest absolute Gasteiger partial charge is 0.191 e. The molecule has 0 aliphatic carbocycles. The molecule has 0 saturated carbocycles. The van der Waals surface area contributed by atoms with Gasteiger partial charge < -0.3 is 24.6 Å². The van der Waals surface area contributed by atoms with Crippen LogP contribution in [0.15, 0.2) is 27.7 Å². The molecule has 0 saturated heterocycles.